The SMILES string of the molecule is C#N.Fc1ccccc1-c1ccc(NOC[C@@H]2C[C@H]3CC[C@@H]2O3)cc1F.[HH]. The normalized spacial score (nSPS) is 23.3. The molecule has 0 unspecified atom stereocenters. The molecule has 138 valence electrons. The first-order valence-electron chi connectivity index (χ1n) is 8.54. The number of nitriles is 1. The van der Waals surface area contributed by atoms with Crippen LogP contribution in [-0.2, 0) is 9.57 Å². The summed E-state index contributed by atoms with van der Waals surface area (Å²) in [6.45, 7) is 4.04. The number of nitrogens with one attached hydrogen (secondary N) is 1. The summed E-state index contributed by atoms with van der Waals surface area (Å²) < 4.78 is 33.8. The lowest BCUT2D eigenvalue weighted by atomic mass is 9.90. The molecule has 1 N–H and O–H groups in total. The van der Waals surface area contributed by atoms with Crippen molar-refractivity contribution < 1.29 is 19.8 Å². The largest absolute Gasteiger partial charge is 0.375 e. The van der Waals surface area contributed by atoms with Crippen molar-refractivity contribution in [1.82, 2.24) is 0 Å². The molecular weight excluding hydrogens is 338 g/mol. The molecule has 0 aromatic heterocycles. The molecule has 2 aliphatic rings. The summed E-state index contributed by atoms with van der Waals surface area (Å²) >= 11 is 0. The molecule has 0 amide bonds. The first kappa shape index (κ1) is 18.3. The number of anilines is 1. The molecule has 2 heterocycles. The fourth-order valence-corrected chi connectivity index (χ4v) is 3.63. The van der Waals surface area contributed by atoms with E-state index < -0.39 is 11.6 Å². The molecule has 0 spiro atoms. The van der Waals surface area contributed by atoms with Crippen LogP contribution in [0.15, 0.2) is 42.5 Å². The second-order valence-electron chi connectivity index (χ2n) is 6.46. The minimum Gasteiger partial charge on any atom is -0.375 e. The van der Waals surface area contributed by atoms with Gasteiger partial charge in [-0.1, -0.05) is 18.2 Å². The van der Waals surface area contributed by atoms with Crippen molar-refractivity contribution >= 4 is 5.69 Å². The van der Waals surface area contributed by atoms with Gasteiger partial charge in [-0.15, -0.1) is 0 Å². The first-order chi connectivity index (χ1) is 12.7. The number of benzene rings is 2. The predicted molar refractivity (Wildman–Crippen MR) is 96.2 cm³/mol. The number of hydrogen-bond donors (Lipinski definition) is 1. The van der Waals surface area contributed by atoms with Gasteiger partial charge in [-0.05, 0) is 43.5 Å². The van der Waals surface area contributed by atoms with E-state index in [2.05, 4.69) is 12.1 Å². The Morgan fingerprint density at radius 1 is 1.12 bits per heavy atom. The Hall–Kier alpha value is -2.49. The van der Waals surface area contributed by atoms with Crippen molar-refractivity contribution in [2.45, 2.75) is 31.5 Å². The van der Waals surface area contributed by atoms with Gasteiger partial charge in [0.25, 0.3) is 0 Å². The molecule has 2 aromatic rings. The zero-order chi connectivity index (χ0) is 18.5. The summed E-state index contributed by atoms with van der Waals surface area (Å²) in [6.07, 6.45) is 3.98. The van der Waals surface area contributed by atoms with Crippen molar-refractivity contribution in [2.24, 2.45) is 5.92 Å². The molecule has 4 nitrogen and oxygen atoms in total. The number of rotatable bonds is 5. The lowest BCUT2D eigenvalue weighted by Crippen LogP contribution is -2.23. The molecule has 26 heavy (non-hydrogen) atoms. The van der Waals surface area contributed by atoms with Crippen LogP contribution in [0.3, 0.4) is 0 Å². The molecule has 2 fully saturated rings. The van der Waals surface area contributed by atoms with Gasteiger partial charge in [0.15, 0.2) is 0 Å². The lowest BCUT2D eigenvalue weighted by Gasteiger charge is -2.18. The highest BCUT2D eigenvalue weighted by Crippen LogP contribution is 2.38. The van der Waals surface area contributed by atoms with Crippen LogP contribution >= 0.6 is 0 Å². The topological polar surface area (TPSA) is 54.3 Å². The Morgan fingerprint density at radius 3 is 2.54 bits per heavy atom. The second-order valence-corrected chi connectivity index (χ2v) is 6.46. The molecule has 0 radical (unpaired) electrons. The highest BCUT2D eigenvalue weighted by Gasteiger charge is 2.40. The fraction of sp³-hybridized carbons (Fsp3) is 0.350. The van der Waals surface area contributed by atoms with Gasteiger partial charge < -0.3 is 4.74 Å². The molecule has 0 aliphatic carbocycles. The lowest BCUT2D eigenvalue weighted by molar-refractivity contribution is 0.0678. The summed E-state index contributed by atoms with van der Waals surface area (Å²) in [5.74, 6) is -0.527. The van der Waals surface area contributed by atoms with Gasteiger partial charge in [0.05, 0.1) is 24.5 Å². The van der Waals surface area contributed by atoms with E-state index in [-0.39, 0.29) is 12.6 Å². The van der Waals surface area contributed by atoms with Crippen LogP contribution in [0, 0.1) is 29.4 Å². The number of nitrogens with zero attached hydrogens (tertiary/aromatic N) is 1. The number of hydrogen-bond acceptors (Lipinski definition) is 4. The Morgan fingerprint density at radius 2 is 1.88 bits per heavy atom. The highest BCUT2D eigenvalue weighted by molar-refractivity contribution is 5.67. The number of ether oxygens (including phenoxy) is 1. The van der Waals surface area contributed by atoms with Gasteiger partial charge in [0.1, 0.15) is 11.6 Å². The summed E-state index contributed by atoms with van der Waals surface area (Å²) in [7, 11) is 0. The summed E-state index contributed by atoms with van der Waals surface area (Å²) in [4.78, 5) is 5.51. The van der Waals surface area contributed by atoms with Gasteiger partial charge in [-0.3, -0.25) is 10.3 Å². The third-order valence-corrected chi connectivity index (χ3v) is 4.85. The van der Waals surface area contributed by atoms with E-state index in [1.165, 1.54) is 12.1 Å². The van der Waals surface area contributed by atoms with Crippen molar-refractivity contribution in [3.8, 4) is 17.7 Å². The smallest absolute Gasteiger partial charge is 0.133 e. The summed E-state index contributed by atoms with van der Waals surface area (Å²) in [5, 5.41) is 6.50. The predicted octanol–water partition coefficient (Wildman–Crippen LogP) is 4.93. The van der Waals surface area contributed by atoms with Crippen molar-refractivity contribution in [1.29, 1.82) is 5.26 Å². The van der Waals surface area contributed by atoms with Crippen LogP contribution in [0.5, 0.6) is 0 Å². The van der Waals surface area contributed by atoms with Crippen LogP contribution in [0.2, 0.25) is 0 Å². The van der Waals surface area contributed by atoms with E-state index in [1.54, 1.807) is 30.3 Å². The van der Waals surface area contributed by atoms with Crippen molar-refractivity contribution in [3.05, 3.63) is 54.1 Å². The van der Waals surface area contributed by atoms with Crippen molar-refractivity contribution in [3.63, 3.8) is 0 Å². The monoisotopic (exact) mass is 360 g/mol. The molecule has 6 heteroatoms. The van der Waals surface area contributed by atoms with Crippen LogP contribution < -0.4 is 5.48 Å². The highest BCUT2D eigenvalue weighted by atomic mass is 19.1. The minimum atomic E-state index is -0.489. The molecule has 2 aliphatic heterocycles. The maximum absolute atomic E-state index is 14.3. The van der Waals surface area contributed by atoms with E-state index in [1.807, 2.05) is 0 Å². The van der Waals surface area contributed by atoms with Gasteiger partial charge in [-0.25, -0.2) is 14.0 Å². The van der Waals surface area contributed by atoms with Crippen LogP contribution in [0.4, 0.5) is 14.5 Å². The Balaban J connectivity index is 0.000000844. The third kappa shape index (κ3) is 3.85. The number of halogens is 2. The average Bonchev–Trinajstić information content (AvgIpc) is 3.28. The minimum absolute atomic E-state index is 0. The summed E-state index contributed by atoms with van der Waals surface area (Å²) in [5.41, 5.74) is 3.77. The van der Waals surface area contributed by atoms with E-state index in [9.17, 15) is 8.78 Å². The van der Waals surface area contributed by atoms with Gasteiger partial charge in [-0.2, -0.15) is 0 Å². The van der Waals surface area contributed by atoms with Crippen LogP contribution in [-0.4, -0.2) is 18.8 Å². The van der Waals surface area contributed by atoms with Gasteiger partial charge >= 0.3 is 0 Å². The van der Waals surface area contributed by atoms with E-state index in [0.717, 1.165) is 19.3 Å². The average molecular weight is 360 g/mol. The molecular formula is C20H22F2N2O2. The van der Waals surface area contributed by atoms with E-state index >= 15 is 0 Å². The van der Waals surface area contributed by atoms with E-state index in [0.29, 0.717) is 30.4 Å². The molecule has 0 saturated carbocycles. The van der Waals surface area contributed by atoms with Gasteiger partial charge in [0, 0.05) is 25.0 Å². The molecule has 3 atom stereocenters. The Labute approximate surface area is 152 Å². The third-order valence-electron chi connectivity index (χ3n) is 4.85. The summed E-state index contributed by atoms with van der Waals surface area (Å²) in [6, 6.07) is 10.7. The first-order valence-corrected chi connectivity index (χ1v) is 8.54. The Bertz CT molecular complexity index is 788. The molecule has 2 saturated heterocycles. The molecule has 2 bridgehead atoms. The maximum atomic E-state index is 14.3. The molecule has 4 rings (SSSR count). The molecule has 2 aromatic carbocycles. The second kappa shape index (κ2) is 8.26. The van der Waals surface area contributed by atoms with E-state index in [4.69, 9.17) is 14.8 Å². The van der Waals surface area contributed by atoms with Gasteiger partial charge in [0.2, 0.25) is 0 Å². The van der Waals surface area contributed by atoms with Crippen molar-refractivity contribution in [2.75, 3.05) is 12.1 Å². The zero-order valence-electron chi connectivity index (χ0n) is 14.2. The van der Waals surface area contributed by atoms with Crippen LogP contribution in [0.1, 0.15) is 20.7 Å². The standard InChI is InChI=1S/C19H19F2NO2.CHN.H2/c20-17-4-2-1-3-15(17)16-7-5-13(10-18(16)21)22-23-11-12-9-14-6-8-19(12)24-14;1-2;/h1-5,7,10,12,14,19,22H,6,8-9,11H2;1H;1H/t12-,14+,19-;;/m0../s1. The quantitative estimate of drug-likeness (QED) is 0.768. The maximum Gasteiger partial charge on any atom is 0.133 e. The zero-order valence-corrected chi connectivity index (χ0v) is 14.2. The number of fused-ring (bicyclic) bond motifs is 2. The van der Waals surface area contributed by atoms with Crippen LogP contribution in [0.25, 0.3) is 11.1 Å². The Kier molecular flexibility index (Phi) is 5.82. The fourth-order valence-electron chi connectivity index (χ4n) is 3.63.